The molecular weight excluding hydrogens is 278 g/mol. The first-order valence-corrected chi connectivity index (χ1v) is 6.31. The topological polar surface area (TPSA) is 95.7 Å². The number of aromatic nitrogens is 3. The normalized spacial score (nSPS) is 12.4. The number of aromatic carboxylic acids is 1. The molecule has 1 N–H and O–H groups in total. The molecule has 8 heteroatoms. The van der Waals surface area contributed by atoms with Crippen LogP contribution in [-0.4, -0.2) is 39.5 Å². The molecule has 0 unspecified atom stereocenters. The Labute approximate surface area is 119 Å². The number of nitrogens with zero attached hydrogens (tertiary/aromatic N) is 3. The lowest BCUT2D eigenvalue weighted by molar-refractivity contribution is 0.0689. The summed E-state index contributed by atoms with van der Waals surface area (Å²) >= 11 is 0. The van der Waals surface area contributed by atoms with Gasteiger partial charge in [-0.3, -0.25) is 0 Å². The van der Waals surface area contributed by atoms with Crippen LogP contribution in [-0.2, 0) is 6.54 Å². The van der Waals surface area contributed by atoms with Gasteiger partial charge in [0.05, 0.1) is 12.2 Å². The van der Waals surface area contributed by atoms with Crippen LogP contribution in [0.25, 0.3) is 0 Å². The average molecular weight is 291 g/mol. The SMILES string of the molecule is Cc1c(C(=O)O)nnn1CCOc1ccc2c(c1)OCO2. The Morgan fingerprint density at radius 2 is 2.24 bits per heavy atom. The molecule has 1 aliphatic rings. The lowest BCUT2D eigenvalue weighted by Crippen LogP contribution is -2.11. The van der Waals surface area contributed by atoms with Crippen LogP contribution < -0.4 is 14.2 Å². The van der Waals surface area contributed by atoms with E-state index in [1.54, 1.807) is 25.1 Å². The highest BCUT2D eigenvalue weighted by atomic mass is 16.7. The van der Waals surface area contributed by atoms with E-state index >= 15 is 0 Å². The van der Waals surface area contributed by atoms with Crippen molar-refractivity contribution in [1.82, 2.24) is 15.0 Å². The molecule has 1 aromatic carbocycles. The number of fused-ring (bicyclic) bond motifs is 1. The number of rotatable bonds is 5. The van der Waals surface area contributed by atoms with Crippen molar-refractivity contribution in [2.24, 2.45) is 0 Å². The monoisotopic (exact) mass is 291 g/mol. The third kappa shape index (κ3) is 2.60. The maximum atomic E-state index is 10.9. The van der Waals surface area contributed by atoms with Gasteiger partial charge in [0.2, 0.25) is 6.79 Å². The quantitative estimate of drug-likeness (QED) is 0.880. The highest BCUT2D eigenvalue weighted by Crippen LogP contribution is 2.35. The minimum atomic E-state index is -1.09. The minimum Gasteiger partial charge on any atom is -0.492 e. The van der Waals surface area contributed by atoms with Crippen molar-refractivity contribution < 1.29 is 24.1 Å². The zero-order chi connectivity index (χ0) is 14.8. The fourth-order valence-corrected chi connectivity index (χ4v) is 1.99. The Hall–Kier alpha value is -2.77. The van der Waals surface area contributed by atoms with Crippen molar-refractivity contribution in [3.8, 4) is 17.2 Å². The standard InChI is InChI=1S/C13H13N3O5/c1-8-12(13(17)18)14-15-16(8)4-5-19-9-2-3-10-11(6-9)21-7-20-10/h2-3,6H,4-5,7H2,1H3,(H,17,18). The number of carbonyl (C=O) groups is 1. The second-order valence-electron chi connectivity index (χ2n) is 4.42. The minimum absolute atomic E-state index is 0.0434. The van der Waals surface area contributed by atoms with Gasteiger partial charge in [0.25, 0.3) is 0 Å². The van der Waals surface area contributed by atoms with E-state index in [1.807, 2.05) is 0 Å². The Balaban J connectivity index is 1.60. The maximum Gasteiger partial charge on any atom is 0.358 e. The Bertz CT molecular complexity index is 682. The summed E-state index contributed by atoms with van der Waals surface area (Å²) in [5, 5.41) is 16.3. The van der Waals surface area contributed by atoms with E-state index in [2.05, 4.69) is 10.3 Å². The molecule has 3 rings (SSSR count). The van der Waals surface area contributed by atoms with Crippen LogP contribution in [0.5, 0.6) is 17.2 Å². The first-order chi connectivity index (χ1) is 10.1. The lowest BCUT2D eigenvalue weighted by Gasteiger charge is -2.07. The molecule has 0 aliphatic carbocycles. The van der Waals surface area contributed by atoms with Crippen molar-refractivity contribution >= 4 is 5.97 Å². The second kappa shape index (κ2) is 5.31. The number of ether oxygens (including phenoxy) is 3. The smallest absolute Gasteiger partial charge is 0.358 e. The zero-order valence-corrected chi connectivity index (χ0v) is 11.3. The van der Waals surface area contributed by atoms with Crippen LogP contribution in [0, 0.1) is 6.92 Å². The lowest BCUT2D eigenvalue weighted by atomic mass is 10.3. The molecule has 0 atom stereocenters. The Morgan fingerprint density at radius 1 is 1.43 bits per heavy atom. The van der Waals surface area contributed by atoms with E-state index in [0.717, 1.165) is 0 Å². The average Bonchev–Trinajstić information content (AvgIpc) is 3.05. The van der Waals surface area contributed by atoms with Crippen LogP contribution in [0.4, 0.5) is 0 Å². The van der Waals surface area contributed by atoms with E-state index in [4.69, 9.17) is 19.3 Å². The number of benzene rings is 1. The second-order valence-corrected chi connectivity index (χ2v) is 4.42. The van der Waals surface area contributed by atoms with Gasteiger partial charge in [-0.2, -0.15) is 0 Å². The van der Waals surface area contributed by atoms with Crippen LogP contribution in [0.1, 0.15) is 16.2 Å². The maximum absolute atomic E-state index is 10.9. The first kappa shape index (κ1) is 13.2. The molecule has 0 amide bonds. The highest BCUT2D eigenvalue weighted by molar-refractivity contribution is 5.86. The molecular formula is C13H13N3O5. The molecule has 1 aliphatic heterocycles. The third-order valence-electron chi connectivity index (χ3n) is 3.10. The van der Waals surface area contributed by atoms with Crippen LogP contribution >= 0.6 is 0 Å². The predicted octanol–water partition coefficient (Wildman–Crippen LogP) is 1.09. The number of carboxylic acids is 1. The molecule has 2 heterocycles. The number of hydrogen-bond acceptors (Lipinski definition) is 6. The van der Waals surface area contributed by atoms with Gasteiger partial charge in [0.15, 0.2) is 17.2 Å². The molecule has 0 bridgehead atoms. The summed E-state index contributed by atoms with van der Waals surface area (Å²) in [5.74, 6) is 0.907. The van der Waals surface area contributed by atoms with Crippen molar-refractivity contribution in [2.75, 3.05) is 13.4 Å². The van der Waals surface area contributed by atoms with Gasteiger partial charge in [-0.15, -0.1) is 5.10 Å². The largest absolute Gasteiger partial charge is 0.492 e. The summed E-state index contributed by atoms with van der Waals surface area (Å²) in [6, 6.07) is 5.31. The van der Waals surface area contributed by atoms with Gasteiger partial charge < -0.3 is 19.3 Å². The molecule has 0 fully saturated rings. The molecule has 0 saturated carbocycles. The fraction of sp³-hybridized carbons (Fsp3) is 0.308. The van der Waals surface area contributed by atoms with Gasteiger partial charge in [0, 0.05) is 6.07 Å². The first-order valence-electron chi connectivity index (χ1n) is 6.31. The summed E-state index contributed by atoms with van der Waals surface area (Å²) in [5.41, 5.74) is 0.454. The van der Waals surface area contributed by atoms with E-state index < -0.39 is 5.97 Å². The van der Waals surface area contributed by atoms with Crippen LogP contribution in [0.3, 0.4) is 0 Å². The summed E-state index contributed by atoms with van der Waals surface area (Å²) in [6.45, 7) is 2.61. The molecule has 0 saturated heterocycles. The van der Waals surface area contributed by atoms with Crippen LogP contribution in [0.2, 0.25) is 0 Å². The Kier molecular flexibility index (Phi) is 3.35. The van der Waals surface area contributed by atoms with E-state index in [0.29, 0.717) is 36.1 Å². The molecule has 8 nitrogen and oxygen atoms in total. The van der Waals surface area contributed by atoms with Crippen molar-refractivity contribution in [3.05, 3.63) is 29.6 Å². The molecule has 110 valence electrons. The van der Waals surface area contributed by atoms with Gasteiger partial charge in [-0.1, -0.05) is 5.21 Å². The van der Waals surface area contributed by atoms with Gasteiger partial charge in [-0.25, -0.2) is 9.48 Å². The molecule has 1 aromatic heterocycles. The molecule has 21 heavy (non-hydrogen) atoms. The van der Waals surface area contributed by atoms with Crippen molar-refractivity contribution in [1.29, 1.82) is 0 Å². The predicted molar refractivity (Wildman–Crippen MR) is 69.8 cm³/mol. The number of carboxylic acid groups (broad SMARTS) is 1. The molecule has 0 radical (unpaired) electrons. The summed E-state index contributed by atoms with van der Waals surface area (Å²) < 4.78 is 17.6. The van der Waals surface area contributed by atoms with E-state index in [-0.39, 0.29) is 12.5 Å². The van der Waals surface area contributed by atoms with Gasteiger partial charge in [-0.05, 0) is 19.1 Å². The van der Waals surface area contributed by atoms with Crippen molar-refractivity contribution in [2.45, 2.75) is 13.5 Å². The van der Waals surface area contributed by atoms with Crippen LogP contribution in [0.15, 0.2) is 18.2 Å². The summed E-state index contributed by atoms with van der Waals surface area (Å²) in [4.78, 5) is 10.9. The highest BCUT2D eigenvalue weighted by Gasteiger charge is 2.16. The van der Waals surface area contributed by atoms with Gasteiger partial charge >= 0.3 is 5.97 Å². The molecule has 2 aromatic rings. The summed E-state index contributed by atoms with van der Waals surface area (Å²) in [6.07, 6.45) is 0. The summed E-state index contributed by atoms with van der Waals surface area (Å²) in [7, 11) is 0. The Morgan fingerprint density at radius 3 is 3.00 bits per heavy atom. The fourth-order valence-electron chi connectivity index (χ4n) is 1.99. The molecule has 0 spiro atoms. The van der Waals surface area contributed by atoms with Crippen molar-refractivity contribution in [3.63, 3.8) is 0 Å². The zero-order valence-electron chi connectivity index (χ0n) is 11.3. The van der Waals surface area contributed by atoms with E-state index in [1.165, 1.54) is 4.68 Å². The van der Waals surface area contributed by atoms with Gasteiger partial charge in [0.1, 0.15) is 12.4 Å². The van der Waals surface area contributed by atoms with E-state index in [9.17, 15) is 4.79 Å². The third-order valence-corrected chi connectivity index (χ3v) is 3.10. The number of hydrogen-bond donors (Lipinski definition) is 1.